The number of thiol groups is 1. The lowest BCUT2D eigenvalue weighted by atomic mass is 9.75. The average molecular weight is 272 g/mol. The summed E-state index contributed by atoms with van der Waals surface area (Å²) in [5.74, 6) is 3.96. The molecule has 0 aromatic carbocycles. The Bertz CT molecular complexity index is 217. The summed E-state index contributed by atoms with van der Waals surface area (Å²) in [5, 5.41) is 0. The SMILES string of the molecule is CCCC(CS)COC1CC(C)CCC1C(C)C. The van der Waals surface area contributed by atoms with Crippen molar-refractivity contribution < 1.29 is 4.74 Å². The van der Waals surface area contributed by atoms with Crippen LogP contribution in [-0.2, 0) is 4.74 Å². The van der Waals surface area contributed by atoms with E-state index < -0.39 is 0 Å². The lowest BCUT2D eigenvalue weighted by Gasteiger charge is -2.37. The summed E-state index contributed by atoms with van der Waals surface area (Å²) in [4.78, 5) is 0. The fourth-order valence-corrected chi connectivity index (χ4v) is 3.49. The van der Waals surface area contributed by atoms with Crippen molar-refractivity contribution in [2.75, 3.05) is 12.4 Å². The van der Waals surface area contributed by atoms with Gasteiger partial charge in [-0.2, -0.15) is 12.6 Å². The Hall–Kier alpha value is 0.310. The van der Waals surface area contributed by atoms with E-state index in [1.165, 1.54) is 32.1 Å². The second-order valence-electron chi connectivity index (χ2n) is 6.54. The molecule has 1 saturated carbocycles. The van der Waals surface area contributed by atoms with Gasteiger partial charge in [0.25, 0.3) is 0 Å². The highest BCUT2D eigenvalue weighted by molar-refractivity contribution is 7.80. The molecule has 0 bridgehead atoms. The molecule has 1 nitrogen and oxygen atoms in total. The van der Waals surface area contributed by atoms with Gasteiger partial charge >= 0.3 is 0 Å². The van der Waals surface area contributed by atoms with Crippen molar-refractivity contribution >= 4 is 12.6 Å². The van der Waals surface area contributed by atoms with Gasteiger partial charge in [0.2, 0.25) is 0 Å². The minimum absolute atomic E-state index is 0.494. The molecule has 1 aliphatic rings. The molecule has 0 spiro atoms. The van der Waals surface area contributed by atoms with E-state index in [0.29, 0.717) is 12.0 Å². The molecule has 0 aliphatic heterocycles. The van der Waals surface area contributed by atoms with Crippen LogP contribution in [0.25, 0.3) is 0 Å². The molecule has 0 amide bonds. The first-order valence-electron chi connectivity index (χ1n) is 7.80. The largest absolute Gasteiger partial charge is 0.378 e. The standard InChI is InChI=1S/C16H32OS/c1-5-6-14(11-18)10-17-16-9-13(4)7-8-15(16)12(2)3/h12-16,18H,5-11H2,1-4H3. The molecule has 108 valence electrons. The molecule has 0 aromatic heterocycles. The minimum Gasteiger partial charge on any atom is -0.378 e. The van der Waals surface area contributed by atoms with Gasteiger partial charge in [0.1, 0.15) is 0 Å². The summed E-state index contributed by atoms with van der Waals surface area (Å²) in [6.45, 7) is 10.2. The summed E-state index contributed by atoms with van der Waals surface area (Å²) in [6, 6.07) is 0. The zero-order chi connectivity index (χ0) is 13.5. The van der Waals surface area contributed by atoms with Crippen LogP contribution in [0, 0.1) is 23.7 Å². The summed E-state index contributed by atoms with van der Waals surface area (Å²) in [5.41, 5.74) is 0. The summed E-state index contributed by atoms with van der Waals surface area (Å²) in [7, 11) is 0. The second kappa shape index (κ2) is 8.47. The summed E-state index contributed by atoms with van der Waals surface area (Å²) < 4.78 is 6.28. The second-order valence-corrected chi connectivity index (χ2v) is 6.90. The highest BCUT2D eigenvalue weighted by atomic mass is 32.1. The number of hydrogen-bond acceptors (Lipinski definition) is 2. The predicted molar refractivity (Wildman–Crippen MR) is 83.3 cm³/mol. The van der Waals surface area contributed by atoms with Crippen molar-refractivity contribution in [1.29, 1.82) is 0 Å². The highest BCUT2D eigenvalue weighted by Gasteiger charge is 2.31. The van der Waals surface area contributed by atoms with Gasteiger partial charge in [-0.25, -0.2) is 0 Å². The highest BCUT2D eigenvalue weighted by Crippen LogP contribution is 2.35. The van der Waals surface area contributed by atoms with Crippen molar-refractivity contribution in [3.05, 3.63) is 0 Å². The van der Waals surface area contributed by atoms with E-state index in [4.69, 9.17) is 4.74 Å². The van der Waals surface area contributed by atoms with Crippen molar-refractivity contribution in [2.24, 2.45) is 23.7 Å². The van der Waals surface area contributed by atoms with E-state index in [9.17, 15) is 0 Å². The molecule has 0 saturated heterocycles. The molecule has 0 N–H and O–H groups in total. The Morgan fingerprint density at radius 3 is 2.56 bits per heavy atom. The molecule has 0 heterocycles. The van der Waals surface area contributed by atoms with Crippen LogP contribution in [-0.4, -0.2) is 18.5 Å². The third kappa shape index (κ3) is 5.13. The maximum Gasteiger partial charge on any atom is 0.0608 e. The molecule has 0 radical (unpaired) electrons. The first-order valence-corrected chi connectivity index (χ1v) is 8.44. The quantitative estimate of drug-likeness (QED) is 0.654. The van der Waals surface area contributed by atoms with Crippen molar-refractivity contribution in [1.82, 2.24) is 0 Å². The smallest absolute Gasteiger partial charge is 0.0608 e. The molecule has 1 aliphatic carbocycles. The molecule has 2 heteroatoms. The van der Waals surface area contributed by atoms with Crippen LogP contribution in [0.5, 0.6) is 0 Å². The van der Waals surface area contributed by atoms with Gasteiger partial charge in [-0.1, -0.05) is 40.5 Å². The van der Waals surface area contributed by atoms with Gasteiger partial charge in [0, 0.05) is 0 Å². The Morgan fingerprint density at radius 1 is 1.28 bits per heavy atom. The Morgan fingerprint density at radius 2 is 2.00 bits per heavy atom. The van der Waals surface area contributed by atoms with Crippen LogP contribution < -0.4 is 0 Å². The van der Waals surface area contributed by atoms with Crippen molar-refractivity contribution in [3.63, 3.8) is 0 Å². The molecular formula is C16H32OS. The van der Waals surface area contributed by atoms with Crippen LogP contribution in [0.2, 0.25) is 0 Å². The van der Waals surface area contributed by atoms with Gasteiger partial charge < -0.3 is 4.74 Å². The van der Waals surface area contributed by atoms with E-state index >= 15 is 0 Å². The van der Waals surface area contributed by atoms with Crippen LogP contribution >= 0.6 is 12.6 Å². The molecule has 18 heavy (non-hydrogen) atoms. The van der Waals surface area contributed by atoms with E-state index in [1.54, 1.807) is 0 Å². The first kappa shape index (κ1) is 16.4. The predicted octanol–water partition coefficient (Wildman–Crippen LogP) is 4.81. The lowest BCUT2D eigenvalue weighted by Crippen LogP contribution is -2.35. The van der Waals surface area contributed by atoms with Crippen LogP contribution in [0.3, 0.4) is 0 Å². The average Bonchev–Trinajstić information content (AvgIpc) is 2.34. The maximum absolute atomic E-state index is 6.28. The molecule has 1 rings (SSSR count). The zero-order valence-corrected chi connectivity index (χ0v) is 13.6. The number of rotatable bonds is 7. The first-order chi connectivity index (χ1) is 8.58. The van der Waals surface area contributed by atoms with Crippen molar-refractivity contribution in [2.45, 2.75) is 65.9 Å². The van der Waals surface area contributed by atoms with Gasteiger partial charge in [-0.3, -0.25) is 0 Å². The maximum atomic E-state index is 6.28. The Labute approximate surface area is 119 Å². The monoisotopic (exact) mass is 272 g/mol. The van der Waals surface area contributed by atoms with Crippen LogP contribution in [0.15, 0.2) is 0 Å². The van der Waals surface area contributed by atoms with E-state index in [1.807, 2.05) is 0 Å². The fraction of sp³-hybridized carbons (Fsp3) is 1.00. The number of ether oxygens (including phenoxy) is 1. The number of hydrogen-bond donors (Lipinski definition) is 1. The minimum atomic E-state index is 0.494. The van der Waals surface area contributed by atoms with Crippen molar-refractivity contribution in [3.8, 4) is 0 Å². The van der Waals surface area contributed by atoms with Crippen LogP contribution in [0.1, 0.15) is 59.8 Å². The molecule has 4 atom stereocenters. The van der Waals surface area contributed by atoms with Gasteiger partial charge in [0.15, 0.2) is 0 Å². The van der Waals surface area contributed by atoms with Crippen LogP contribution in [0.4, 0.5) is 0 Å². The lowest BCUT2D eigenvalue weighted by molar-refractivity contribution is -0.0497. The molecule has 1 fully saturated rings. The fourth-order valence-electron chi connectivity index (χ4n) is 3.20. The molecule has 0 aromatic rings. The third-order valence-corrected chi connectivity index (χ3v) is 4.98. The Balaban J connectivity index is 2.45. The summed E-state index contributed by atoms with van der Waals surface area (Å²) in [6.07, 6.45) is 6.97. The summed E-state index contributed by atoms with van der Waals surface area (Å²) >= 11 is 4.45. The molecular weight excluding hydrogens is 240 g/mol. The van der Waals surface area contributed by atoms with Gasteiger partial charge in [0.05, 0.1) is 12.7 Å². The van der Waals surface area contributed by atoms with E-state index in [-0.39, 0.29) is 0 Å². The normalized spacial score (nSPS) is 30.7. The third-order valence-electron chi connectivity index (χ3n) is 4.46. The van der Waals surface area contributed by atoms with Gasteiger partial charge in [-0.05, 0) is 48.7 Å². The molecule has 4 unspecified atom stereocenters. The van der Waals surface area contributed by atoms with Gasteiger partial charge in [-0.15, -0.1) is 0 Å². The Kier molecular flexibility index (Phi) is 7.70. The van der Waals surface area contributed by atoms with E-state index in [2.05, 4.69) is 40.3 Å². The van der Waals surface area contributed by atoms with E-state index in [0.717, 1.165) is 30.1 Å². The topological polar surface area (TPSA) is 9.23 Å². The zero-order valence-electron chi connectivity index (χ0n) is 12.7.